The van der Waals surface area contributed by atoms with Crippen molar-refractivity contribution in [1.29, 1.82) is 0 Å². The van der Waals surface area contributed by atoms with E-state index in [0.29, 0.717) is 21.8 Å². The number of fused-ring (bicyclic) bond motifs is 1. The highest BCUT2D eigenvalue weighted by atomic mass is 35.5. The Hall–Kier alpha value is -2.96. The largest absolute Gasteiger partial charge is 0.340 e. The van der Waals surface area contributed by atoms with Gasteiger partial charge < -0.3 is 4.90 Å². The summed E-state index contributed by atoms with van der Waals surface area (Å²) in [6, 6.07) is 19.1. The summed E-state index contributed by atoms with van der Waals surface area (Å²) >= 11 is 7.32. The number of carbonyl (C=O) groups is 1. The fourth-order valence-electron chi connectivity index (χ4n) is 3.03. The quantitative estimate of drug-likeness (QED) is 0.477. The Morgan fingerprint density at radius 2 is 1.86 bits per heavy atom. The van der Waals surface area contributed by atoms with Crippen LogP contribution in [0.2, 0.25) is 5.02 Å². The van der Waals surface area contributed by atoms with Crippen LogP contribution in [0.15, 0.2) is 71.8 Å². The van der Waals surface area contributed by atoms with Gasteiger partial charge in [-0.15, -0.1) is 11.3 Å². The maximum atomic E-state index is 12.9. The molecule has 0 spiro atoms. The molecule has 7 heteroatoms. The molecular weight excluding hydrogens is 406 g/mol. The van der Waals surface area contributed by atoms with E-state index in [4.69, 9.17) is 11.6 Å². The molecule has 0 aliphatic carbocycles. The Kier molecular flexibility index (Phi) is 5.47. The van der Waals surface area contributed by atoms with Gasteiger partial charge in [-0.2, -0.15) is 0 Å². The van der Waals surface area contributed by atoms with E-state index in [1.807, 2.05) is 60.7 Å². The topological polar surface area (TPSA) is 55.2 Å². The first kappa shape index (κ1) is 19.4. The van der Waals surface area contributed by atoms with E-state index in [1.54, 1.807) is 11.9 Å². The Morgan fingerprint density at radius 1 is 1.14 bits per heavy atom. The number of hydrogen-bond acceptors (Lipinski definition) is 4. The minimum Gasteiger partial charge on any atom is -0.340 e. The van der Waals surface area contributed by atoms with Crippen molar-refractivity contribution in [2.75, 3.05) is 7.05 Å². The Morgan fingerprint density at radius 3 is 2.59 bits per heavy atom. The van der Waals surface area contributed by atoms with E-state index in [0.717, 1.165) is 16.0 Å². The maximum absolute atomic E-state index is 12.9. The molecule has 0 bridgehead atoms. The third-order valence-electron chi connectivity index (χ3n) is 4.63. The molecule has 2 heterocycles. The van der Waals surface area contributed by atoms with Gasteiger partial charge >= 0.3 is 0 Å². The Labute approximate surface area is 176 Å². The molecule has 0 aliphatic rings. The molecule has 4 rings (SSSR count). The van der Waals surface area contributed by atoms with E-state index >= 15 is 0 Å². The first-order valence-corrected chi connectivity index (χ1v) is 10.2. The zero-order valence-corrected chi connectivity index (χ0v) is 17.3. The van der Waals surface area contributed by atoms with Crippen LogP contribution in [0, 0.1) is 0 Å². The second kappa shape index (κ2) is 8.19. The summed E-state index contributed by atoms with van der Waals surface area (Å²) < 4.78 is 1.91. The Bertz CT molecular complexity index is 1220. The van der Waals surface area contributed by atoms with Crippen molar-refractivity contribution in [3.05, 3.63) is 87.9 Å². The highest BCUT2D eigenvalue weighted by molar-refractivity contribution is 7.22. The van der Waals surface area contributed by atoms with Gasteiger partial charge in [0.2, 0.25) is 5.91 Å². The van der Waals surface area contributed by atoms with Crippen molar-refractivity contribution < 1.29 is 4.79 Å². The lowest BCUT2D eigenvalue weighted by molar-refractivity contribution is -0.131. The average Bonchev–Trinajstić information content (AvgIpc) is 3.16. The zero-order valence-electron chi connectivity index (χ0n) is 15.7. The highest BCUT2D eigenvalue weighted by Gasteiger charge is 2.15. The molecule has 2 aromatic heterocycles. The van der Waals surface area contributed by atoms with Gasteiger partial charge in [0, 0.05) is 23.5 Å². The fraction of sp³-hybridized carbons (Fsp3) is 0.136. The van der Waals surface area contributed by atoms with Crippen molar-refractivity contribution in [2.45, 2.75) is 13.1 Å². The minimum atomic E-state index is -0.207. The smallest absolute Gasteiger partial charge is 0.271 e. The summed E-state index contributed by atoms with van der Waals surface area (Å²) in [6.07, 6.45) is 1.44. The van der Waals surface area contributed by atoms with Crippen LogP contribution >= 0.6 is 22.9 Å². The number of thiophene rings is 1. The second-order valence-electron chi connectivity index (χ2n) is 6.74. The fourth-order valence-corrected chi connectivity index (χ4v) is 4.22. The monoisotopic (exact) mass is 423 g/mol. The standard InChI is InChI=1S/C22H18ClN3O2S/c1-25(12-15-5-3-2-4-6-15)20(27)13-26-14-24-18-11-19(29-21(18)22(26)28)16-7-9-17(23)10-8-16/h2-11,14H,12-13H2,1H3. The van der Waals surface area contributed by atoms with Crippen LogP contribution in [0.4, 0.5) is 0 Å². The molecule has 0 unspecified atom stereocenters. The molecule has 5 nitrogen and oxygen atoms in total. The first-order chi connectivity index (χ1) is 14.0. The summed E-state index contributed by atoms with van der Waals surface area (Å²) in [5.41, 5.74) is 2.44. The van der Waals surface area contributed by atoms with Gasteiger partial charge in [0.25, 0.3) is 5.56 Å². The van der Waals surface area contributed by atoms with Crippen molar-refractivity contribution in [3.63, 3.8) is 0 Å². The van der Waals surface area contributed by atoms with E-state index in [9.17, 15) is 9.59 Å². The van der Waals surface area contributed by atoms with Gasteiger partial charge in [-0.3, -0.25) is 14.2 Å². The number of amides is 1. The molecule has 0 saturated heterocycles. The normalized spacial score (nSPS) is 11.0. The first-order valence-electron chi connectivity index (χ1n) is 9.04. The third kappa shape index (κ3) is 4.23. The summed E-state index contributed by atoms with van der Waals surface area (Å²) in [6.45, 7) is 0.448. The number of likely N-dealkylation sites (N-methyl/N-ethyl adjacent to an activating group) is 1. The van der Waals surface area contributed by atoms with Crippen LogP contribution in [0.5, 0.6) is 0 Å². The van der Waals surface area contributed by atoms with Gasteiger partial charge in [-0.05, 0) is 29.3 Å². The number of carbonyl (C=O) groups excluding carboxylic acids is 1. The van der Waals surface area contributed by atoms with Gasteiger partial charge in [0.15, 0.2) is 0 Å². The number of aromatic nitrogens is 2. The van der Waals surface area contributed by atoms with Gasteiger partial charge in [0.05, 0.1) is 11.8 Å². The van der Waals surface area contributed by atoms with Crippen molar-refractivity contribution in [2.24, 2.45) is 0 Å². The predicted molar refractivity (Wildman–Crippen MR) is 117 cm³/mol. The van der Waals surface area contributed by atoms with Gasteiger partial charge in [-0.25, -0.2) is 4.98 Å². The number of nitrogens with zero attached hydrogens (tertiary/aromatic N) is 3. The lowest BCUT2D eigenvalue weighted by Gasteiger charge is -2.17. The molecule has 0 N–H and O–H groups in total. The molecule has 0 radical (unpaired) electrons. The van der Waals surface area contributed by atoms with Crippen molar-refractivity contribution in [3.8, 4) is 10.4 Å². The zero-order chi connectivity index (χ0) is 20.4. The maximum Gasteiger partial charge on any atom is 0.271 e. The summed E-state index contributed by atoms with van der Waals surface area (Å²) in [7, 11) is 1.73. The number of benzene rings is 2. The lowest BCUT2D eigenvalue weighted by atomic mass is 10.2. The molecule has 0 fully saturated rings. The average molecular weight is 424 g/mol. The molecule has 4 aromatic rings. The third-order valence-corrected chi connectivity index (χ3v) is 6.04. The molecule has 146 valence electrons. The van der Waals surface area contributed by atoms with E-state index in [-0.39, 0.29) is 18.0 Å². The van der Waals surface area contributed by atoms with E-state index in [2.05, 4.69) is 4.98 Å². The highest BCUT2D eigenvalue weighted by Crippen LogP contribution is 2.31. The second-order valence-corrected chi connectivity index (χ2v) is 8.23. The summed E-state index contributed by atoms with van der Waals surface area (Å²) in [5, 5.41) is 0.661. The van der Waals surface area contributed by atoms with Crippen LogP contribution in [-0.4, -0.2) is 27.4 Å². The lowest BCUT2D eigenvalue weighted by Crippen LogP contribution is -2.33. The van der Waals surface area contributed by atoms with Crippen LogP contribution in [0.25, 0.3) is 20.7 Å². The number of hydrogen-bond donors (Lipinski definition) is 0. The minimum absolute atomic E-state index is 0.0424. The molecule has 0 aliphatic heterocycles. The molecule has 2 aromatic carbocycles. The summed E-state index contributed by atoms with van der Waals surface area (Å²) in [5.74, 6) is -0.147. The van der Waals surface area contributed by atoms with E-state index < -0.39 is 0 Å². The van der Waals surface area contributed by atoms with Crippen LogP contribution in [0.3, 0.4) is 0 Å². The number of rotatable bonds is 5. The SMILES string of the molecule is CN(Cc1ccccc1)C(=O)Cn1cnc2cc(-c3ccc(Cl)cc3)sc2c1=O. The van der Waals surface area contributed by atoms with Crippen molar-refractivity contribution in [1.82, 2.24) is 14.5 Å². The van der Waals surface area contributed by atoms with Gasteiger partial charge in [-0.1, -0.05) is 54.1 Å². The van der Waals surface area contributed by atoms with Crippen LogP contribution < -0.4 is 5.56 Å². The molecule has 1 amide bonds. The Balaban J connectivity index is 1.56. The van der Waals surface area contributed by atoms with E-state index in [1.165, 1.54) is 22.2 Å². The number of halogens is 1. The predicted octanol–water partition coefficient (Wildman–Crippen LogP) is 4.44. The molecular formula is C22H18ClN3O2S. The summed E-state index contributed by atoms with van der Waals surface area (Å²) in [4.78, 5) is 32.4. The molecule has 0 saturated carbocycles. The van der Waals surface area contributed by atoms with Gasteiger partial charge in [0.1, 0.15) is 11.2 Å². The van der Waals surface area contributed by atoms with Crippen LogP contribution in [0.1, 0.15) is 5.56 Å². The molecule has 29 heavy (non-hydrogen) atoms. The van der Waals surface area contributed by atoms with Crippen LogP contribution in [-0.2, 0) is 17.9 Å². The molecule has 0 atom stereocenters. The van der Waals surface area contributed by atoms with Crippen molar-refractivity contribution >= 4 is 39.1 Å².